The van der Waals surface area contributed by atoms with Crippen molar-refractivity contribution in [1.29, 1.82) is 0 Å². The van der Waals surface area contributed by atoms with Crippen molar-refractivity contribution < 1.29 is 13.7 Å². The van der Waals surface area contributed by atoms with Crippen LogP contribution in [0, 0.1) is 5.92 Å². The number of nitrogens with zero attached hydrogens (tertiary/aromatic N) is 4. The normalized spacial score (nSPS) is 16.2. The SMILES string of the molecule is CC(C)Cc1noc(CN2CCN(C(=O)c3ccoc3)CC2)n1. The average molecular weight is 318 g/mol. The third kappa shape index (κ3) is 3.98. The van der Waals surface area contributed by atoms with Crippen LogP contribution in [0.25, 0.3) is 0 Å². The number of hydrogen-bond acceptors (Lipinski definition) is 6. The number of carbonyl (C=O) groups is 1. The van der Waals surface area contributed by atoms with Crippen LogP contribution < -0.4 is 0 Å². The number of aromatic nitrogens is 2. The zero-order valence-corrected chi connectivity index (χ0v) is 13.6. The van der Waals surface area contributed by atoms with Gasteiger partial charge < -0.3 is 13.8 Å². The van der Waals surface area contributed by atoms with E-state index in [9.17, 15) is 4.79 Å². The van der Waals surface area contributed by atoms with E-state index in [-0.39, 0.29) is 5.91 Å². The first kappa shape index (κ1) is 15.7. The monoisotopic (exact) mass is 318 g/mol. The fourth-order valence-corrected chi connectivity index (χ4v) is 2.67. The summed E-state index contributed by atoms with van der Waals surface area (Å²) in [5.74, 6) is 1.95. The number of furan rings is 1. The second-order valence-corrected chi connectivity index (χ2v) is 6.28. The van der Waals surface area contributed by atoms with Crippen LogP contribution >= 0.6 is 0 Å². The van der Waals surface area contributed by atoms with Gasteiger partial charge in [0.15, 0.2) is 5.82 Å². The Morgan fingerprint density at radius 1 is 1.30 bits per heavy atom. The highest BCUT2D eigenvalue weighted by atomic mass is 16.5. The summed E-state index contributed by atoms with van der Waals surface area (Å²) >= 11 is 0. The van der Waals surface area contributed by atoms with E-state index in [1.165, 1.54) is 12.5 Å². The molecule has 3 heterocycles. The molecule has 0 N–H and O–H groups in total. The fraction of sp³-hybridized carbons (Fsp3) is 0.562. The molecule has 0 spiro atoms. The molecule has 0 bridgehead atoms. The van der Waals surface area contributed by atoms with Crippen LogP contribution in [0.5, 0.6) is 0 Å². The number of rotatable bonds is 5. The van der Waals surface area contributed by atoms with Crippen molar-refractivity contribution >= 4 is 5.91 Å². The molecule has 2 aromatic rings. The maximum absolute atomic E-state index is 12.2. The quantitative estimate of drug-likeness (QED) is 0.837. The molecule has 124 valence electrons. The topological polar surface area (TPSA) is 75.6 Å². The second kappa shape index (κ2) is 6.95. The summed E-state index contributed by atoms with van der Waals surface area (Å²) in [7, 11) is 0. The number of piperazine rings is 1. The van der Waals surface area contributed by atoms with Gasteiger partial charge in [0, 0.05) is 32.6 Å². The molecule has 3 rings (SSSR count). The van der Waals surface area contributed by atoms with Crippen LogP contribution in [-0.4, -0.2) is 52.0 Å². The van der Waals surface area contributed by atoms with Crippen molar-refractivity contribution in [3.63, 3.8) is 0 Å². The number of carbonyl (C=O) groups excluding carboxylic acids is 1. The lowest BCUT2D eigenvalue weighted by atomic mass is 10.1. The Morgan fingerprint density at radius 2 is 2.09 bits per heavy atom. The minimum atomic E-state index is 0.0235. The Bertz CT molecular complexity index is 628. The van der Waals surface area contributed by atoms with Crippen LogP contribution in [0.1, 0.15) is 35.9 Å². The molecule has 7 nitrogen and oxygen atoms in total. The van der Waals surface area contributed by atoms with Gasteiger partial charge in [-0.15, -0.1) is 0 Å². The summed E-state index contributed by atoms with van der Waals surface area (Å²) in [6.45, 7) is 7.88. The number of hydrogen-bond donors (Lipinski definition) is 0. The zero-order valence-electron chi connectivity index (χ0n) is 13.6. The lowest BCUT2D eigenvalue weighted by molar-refractivity contribution is 0.0614. The predicted octanol–water partition coefficient (Wildman–Crippen LogP) is 1.82. The summed E-state index contributed by atoms with van der Waals surface area (Å²) in [5.41, 5.74) is 0.605. The standard InChI is InChI=1S/C16H22N4O3/c1-12(2)9-14-17-15(23-18-14)10-19-4-6-20(7-5-19)16(21)13-3-8-22-11-13/h3,8,11-12H,4-7,9-10H2,1-2H3. The summed E-state index contributed by atoms with van der Waals surface area (Å²) in [6, 6.07) is 1.70. The Kier molecular flexibility index (Phi) is 4.76. The van der Waals surface area contributed by atoms with E-state index in [0.29, 0.717) is 37.0 Å². The van der Waals surface area contributed by atoms with Crippen LogP contribution in [0.2, 0.25) is 0 Å². The van der Waals surface area contributed by atoms with Crippen molar-refractivity contribution in [3.8, 4) is 0 Å². The molecule has 1 amide bonds. The molecule has 0 saturated carbocycles. The van der Waals surface area contributed by atoms with Gasteiger partial charge in [0.1, 0.15) is 6.26 Å². The summed E-state index contributed by atoms with van der Waals surface area (Å²) in [4.78, 5) is 20.7. The van der Waals surface area contributed by atoms with Crippen molar-refractivity contribution in [2.24, 2.45) is 5.92 Å². The first-order valence-electron chi connectivity index (χ1n) is 7.97. The van der Waals surface area contributed by atoms with E-state index < -0.39 is 0 Å². The van der Waals surface area contributed by atoms with E-state index in [1.54, 1.807) is 6.07 Å². The van der Waals surface area contributed by atoms with Crippen molar-refractivity contribution in [2.45, 2.75) is 26.8 Å². The van der Waals surface area contributed by atoms with Gasteiger partial charge in [-0.25, -0.2) is 0 Å². The fourth-order valence-electron chi connectivity index (χ4n) is 2.67. The average Bonchev–Trinajstić information content (AvgIpc) is 3.19. The van der Waals surface area contributed by atoms with Gasteiger partial charge in [-0.3, -0.25) is 9.69 Å². The molecular weight excluding hydrogens is 296 g/mol. The van der Waals surface area contributed by atoms with Gasteiger partial charge in [0.05, 0.1) is 18.4 Å². The molecule has 1 aliphatic heterocycles. The highest BCUT2D eigenvalue weighted by molar-refractivity contribution is 5.93. The lowest BCUT2D eigenvalue weighted by Gasteiger charge is -2.33. The Morgan fingerprint density at radius 3 is 2.74 bits per heavy atom. The Hall–Kier alpha value is -2.15. The van der Waals surface area contributed by atoms with Crippen LogP contribution in [0.3, 0.4) is 0 Å². The zero-order chi connectivity index (χ0) is 16.2. The molecule has 23 heavy (non-hydrogen) atoms. The molecule has 1 aliphatic rings. The molecule has 0 atom stereocenters. The Labute approximate surface area is 135 Å². The van der Waals surface area contributed by atoms with E-state index in [2.05, 4.69) is 28.9 Å². The minimum absolute atomic E-state index is 0.0235. The first-order chi connectivity index (χ1) is 11.1. The second-order valence-electron chi connectivity index (χ2n) is 6.28. The smallest absolute Gasteiger partial charge is 0.257 e. The van der Waals surface area contributed by atoms with Gasteiger partial charge >= 0.3 is 0 Å². The lowest BCUT2D eigenvalue weighted by Crippen LogP contribution is -2.48. The molecule has 0 aliphatic carbocycles. The van der Waals surface area contributed by atoms with Crippen molar-refractivity contribution in [3.05, 3.63) is 35.9 Å². The van der Waals surface area contributed by atoms with Gasteiger partial charge in [-0.1, -0.05) is 19.0 Å². The van der Waals surface area contributed by atoms with E-state index in [1.807, 2.05) is 4.90 Å². The molecule has 0 unspecified atom stereocenters. The van der Waals surface area contributed by atoms with Gasteiger partial charge in [-0.05, 0) is 12.0 Å². The van der Waals surface area contributed by atoms with E-state index in [0.717, 1.165) is 25.3 Å². The maximum Gasteiger partial charge on any atom is 0.257 e. The first-order valence-corrected chi connectivity index (χ1v) is 7.97. The predicted molar refractivity (Wildman–Crippen MR) is 82.7 cm³/mol. The Balaban J connectivity index is 1.49. The molecule has 0 aromatic carbocycles. The number of amides is 1. The van der Waals surface area contributed by atoms with Crippen LogP contribution in [0.4, 0.5) is 0 Å². The minimum Gasteiger partial charge on any atom is -0.472 e. The van der Waals surface area contributed by atoms with Gasteiger partial charge in [-0.2, -0.15) is 4.98 Å². The van der Waals surface area contributed by atoms with E-state index >= 15 is 0 Å². The van der Waals surface area contributed by atoms with Crippen molar-refractivity contribution in [2.75, 3.05) is 26.2 Å². The summed E-state index contributed by atoms with van der Waals surface area (Å²) in [5, 5.41) is 4.01. The summed E-state index contributed by atoms with van der Waals surface area (Å²) < 4.78 is 10.3. The highest BCUT2D eigenvalue weighted by Crippen LogP contribution is 2.12. The summed E-state index contributed by atoms with van der Waals surface area (Å²) in [6.07, 6.45) is 3.84. The molecular formula is C16H22N4O3. The molecule has 0 radical (unpaired) electrons. The largest absolute Gasteiger partial charge is 0.472 e. The maximum atomic E-state index is 12.2. The molecule has 1 saturated heterocycles. The molecule has 2 aromatic heterocycles. The van der Waals surface area contributed by atoms with Crippen LogP contribution in [-0.2, 0) is 13.0 Å². The molecule has 1 fully saturated rings. The third-order valence-corrected chi connectivity index (χ3v) is 3.89. The third-order valence-electron chi connectivity index (χ3n) is 3.89. The molecule has 7 heteroatoms. The van der Waals surface area contributed by atoms with Crippen LogP contribution in [0.15, 0.2) is 27.5 Å². The van der Waals surface area contributed by atoms with E-state index in [4.69, 9.17) is 8.94 Å². The van der Waals surface area contributed by atoms with Crippen molar-refractivity contribution in [1.82, 2.24) is 19.9 Å². The highest BCUT2D eigenvalue weighted by Gasteiger charge is 2.23. The van der Waals surface area contributed by atoms with Gasteiger partial charge in [0.2, 0.25) is 5.89 Å². The van der Waals surface area contributed by atoms with Gasteiger partial charge in [0.25, 0.3) is 5.91 Å².